The molecule has 100 valence electrons. The van der Waals surface area contributed by atoms with E-state index in [2.05, 4.69) is 62.3 Å². The molecule has 1 heterocycles. The van der Waals surface area contributed by atoms with Crippen LogP contribution in [0.3, 0.4) is 0 Å². The molecule has 18 heavy (non-hydrogen) atoms. The molecule has 2 nitrogen and oxygen atoms in total. The minimum absolute atomic E-state index is 0.308. The lowest BCUT2D eigenvalue weighted by Crippen LogP contribution is -2.34. The summed E-state index contributed by atoms with van der Waals surface area (Å²) in [4.78, 5) is 2.50. The Morgan fingerprint density at radius 1 is 1.39 bits per heavy atom. The molecule has 2 heteroatoms. The van der Waals surface area contributed by atoms with Gasteiger partial charge in [0.25, 0.3) is 0 Å². The van der Waals surface area contributed by atoms with Gasteiger partial charge in [0, 0.05) is 24.7 Å². The third-order valence-electron chi connectivity index (χ3n) is 4.02. The van der Waals surface area contributed by atoms with Gasteiger partial charge in [-0.05, 0) is 46.2 Å². The van der Waals surface area contributed by atoms with Gasteiger partial charge >= 0.3 is 0 Å². The lowest BCUT2D eigenvalue weighted by atomic mass is 10.0. The van der Waals surface area contributed by atoms with Crippen LogP contribution in [0.2, 0.25) is 0 Å². The van der Waals surface area contributed by atoms with Gasteiger partial charge in [0.15, 0.2) is 0 Å². The Balaban J connectivity index is 1.84. The Morgan fingerprint density at radius 2 is 2.17 bits per heavy atom. The number of hydrogen-bond donors (Lipinski definition) is 1. The molecule has 1 atom stereocenters. The fourth-order valence-electron chi connectivity index (χ4n) is 2.79. The van der Waals surface area contributed by atoms with E-state index < -0.39 is 0 Å². The Hall–Kier alpha value is -0.860. The van der Waals surface area contributed by atoms with Gasteiger partial charge in [-0.15, -0.1) is 0 Å². The van der Waals surface area contributed by atoms with Crippen LogP contribution in [0.4, 0.5) is 0 Å². The van der Waals surface area contributed by atoms with Crippen LogP contribution in [0.15, 0.2) is 24.3 Å². The van der Waals surface area contributed by atoms with Crippen LogP contribution in [0.1, 0.15) is 31.4 Å². The first kappa shape index (κ1) is 13.6. The lowest BCUT2D eigenvalue weighted by molar-refractivity contribution is 0.251. The van der Waals surface area contributed by atoms with Gasteiger partial charge in [0.1, 0.15) is 0 Å². The molecule has 1 aliphatic rings. The molecular weight excluding hydrogens is 220 g/mol. The van der Waals surface area contributed by atoms with Crippen molar-refractivity contribution in [2.45, 2.75) is 45.2 Å². The summed E-state index contributed by atoms with van der Waals surface area (Å²) in [5.74, 6) is 0. The first-order chi connectivity index (χ1) is 8.46. The molecular formula is C16H26N2. The van der Waals surface area contributed by atoms with Crippen molar-refractivity contribution in [3.8, 4) is 0 Å². The summed E-state index contributed by atoms with van der Waals surface area (Å²) in [6.07, 6.45) is 2.40. The second-order valence-corrected chi connectivity index (χ2v) is 6.34. The van der Waals surface area contributed by atoms with E-state index >= 15 is 0 Å². The van der Waals surface area contributed by atoms with Crippen LogP contribution in [0.25, 0.3) is 0 Å². The van der Waals surface area contributed by atoms with Crippen molar-refractivity contribution in [1.82, 2.24) is 10.2 Å². The van der Waals surface area contributed by atoms with Gasteiger partial charge in [-0.25, -0.2) is 0 Å². The van der Waals surface area contributed by atoms with Crippen LogP contribution in [0.5, 0.6) is 0 Å². The van der Waals surface area contributed by atoms with Gasteiger partial charge in [-0.2, -0.15) is 0 Å². The van der Waals surface area contributed by atoms with Crippen molar-refractivity contribution in [2.24, 2.45) is 0 Å². The maximum Gasteiger partial charge on any atom is 0.0235 e. The van der Waals surface area contributed by atoms with Gasteiger partial charge in [0.05, 0.1) is 0 Å². The Bertz CT molecular complexity index is 398. The molecule has 0 spiro atoms. The zero-order chi connectivity index (χ0) is 13.2. The van der Waals surface area contributed by atoms with Crippen molar-refractivity contribution in [3.05, 3.63) is 35.4 Å². The van der Waals surface area contributed by atoms with Crippen molar-refractivity contribution in [2.75, 3.05) is 20.1 Å². The highest BCUT2D eigenvalue weighted by Gasteiger charge is 2.32. The van der Waals surface area contributed by atoms with Crippen molar-refractivity contribution >= 4 is 0 Å². The number of benzene rings is 1. The highest BCUT2D eigenvalue weighted by Crippen LogP contribution is 2.21. The minimum atomic E-state index is 0.308. The smallest absolute Gasteiger partial charge is 0.0235 e. The molecule has 0 saturated carbocycles. The van der Waals surface area contributed by atoms with Crippen LogP contribution in [-0.2, 0) is 6.42 Å². The molecule has 1 aromatic carbocycles. The zero-order valence-electron chi connectivity index (χ0n) is 12.2. The second kappa shape index (κ2) is 5.41. The number of nitrogens with zero attached hydrogens (tertiary/aromatic N) is 1. The van der Waals surface area contributed by atoms with Crippen molar-refractivity contribution in [3.63, 3.8) is 0 Å². The Morgan fingerprint density at radius 3 is 2.78 bits per heavy atom. The van der Waals surface area contributed by atoms with Crippen molar-refractivity contribution < 1.29 is 0 Å². The molecule has 1 aliphatic heterocycles. The fraction of sp³-hybridized carbons (Fsp3) is 0.625. The first-order valence-electron chi connectivity index (χ1n) is 6.97. The molecule has 1 aromatic rings. The summed E-state index contributed by atoms with van der Waals surface area (Å²) in [6, 6.07) is 9.54. The highest BCUT2D eigenvalue weighted by atomic mass is 15.2. The summed E-state index contributed by atoms with van der Waals surface area (Å²) in [5.41, 5.74) is 3.12. The average Bonchev–Trinajstić information content (AvgIpc) is 2.67. The monoisotopic (exact) mass is 246 g/mol. The quantitative estimate of drug-likeness (QED) is 0.878. The maximum absolute atomic E-state index is 3.59. The first-order valence-corrected chi connectivity index (χ1v) is 6.97. The third kappa shape index (κ3) is 3.56. The SMILES string of the molecule is Cc1cccc(CCN(C)C2CNC(C)(C)C2)c1. The van der Waals surface area contributed by atoms with Gasteiger partial charge < -0.3 is 10.2 Å². The normalized spacial score (nSPS) is 22.6. The number of aryl methyl sites for hydroxylation is 1. The van der Waals surface area contributed by atoms with E-state index in [9.17, 15) is 0 Å². The molecule has 1 N–H and O–H groups in total. The Kier molecular flexibility index (Phi) is 4.08. The molecule has 0 aromatic heterocycles. The third-order valence-corrected chi connectivity index (χ3v) is 4.02. The number of rotatable bonds is 4. The summed E-state index contributed by atoms with van der Waals surface area (Å²) in [6.45, 7) is 9.02. The molecule has 0 aliphatic carbocycles. The van der Waals surface area contributed by atoms with E-state index in [0.717, 1.165) is 19.5 Å². The topological polar surface area (TPSA) is 15.3 Å². The van der Waals surface area contributed by atoms with Crippen LogP contribution in [0, 0.1) is 6.92 Å². The standard InChI is InChI=1S/C16H26N2/c1-13-6-5-7-14(10-13)8-9-18(4)15-11-16(2,3)17-12-15/h5-7,10,15,17H,8-9,11-12H2,1-4H3. The minimum Gasteiger partial charge on any atom is -0.310 e. The van der Waals surface area contributed by atoms with Gasteiger partial charge in [-0.3, -0.25) is 0 Å². The van der Waals surface area contributed by atoms with Crippen LogP contribution < -0.4 is 5.32 Å². The molecule has 1 unspecified atom stereocenters. The molecule has 2 rings (SSSR count). The summed E-state index contributed by atoms with van der Waals surface area (Å²) < 4.78 is 0. The number of likely N-dealkylation sites (N-methyl/N-ethyl adjacent to an activating group) is 1. The van der Waals surface area contributed by atoms with Gasteiger partial charge in [-0.1, -0.05) is 29.8 Å². The van der Waals surface area contributed by atoms with E-state index in [1.54, 1.807) is 0 Å². The van der Waals surface area contributed by atoms with E-state index in [0.29, 0.717) is 11.6 Å². The number of hydrogen-bond acceptors (Lipinski definition) is 2. The molecule has 1 fully saturated rings. The van der Waals surface area contributed by atoms with E-state index in [-0.39, 0.29) is 0 Å². The molecule has 1 saturated heterocycles. The van der Waals surface area contributed by atoms with Crippen LogP contribution >= 0.6 is 0 Å². The molecule has 0 amide bonds. The maximum atomic E-state index is 3.59. The van der Waals surface area contributed by atoms with E-state index in [4.69, 9.17) is 0 Å². The molecule has 0 radical (unpaired) electrons. The molecule has 0 bridgehead atoms. The zero-order valence-corrected chi connectivity index (χ0v) is 12.2. The summed E-state index contributed by atoms with van der Waals surface area (Å²) in [7, 11) is 2.25. The summed E-state index contributed by atoms with van der Waals surface area (Å²) >= 11 is 0. The summed E-state index contributed by atoms with van der Waals surface area (Å²) in [5, 5.41) is 3.59. The van der Waals surface area contributed by atoms with Gasteiger partial charge in [0.2, 0.25) is 0 Å². The van der Waals surface area contributed by atoms with E-state index in [1.165, 1.54) is 17.5 Å². The predicted octanol–water partition coefficient (Wildman–Crippen LogP) is 2.61. The number of nitrogens with one attached hydrogen (secondary N) is 1. The van der Waals surface area contributed by atoms with Crippen molar-refractivity contribution in [1.29, 1.82) is 0 Å². The van der Waals surface area contributed by atoms with E-state index in [1.807, 2.05) is 0 Å². The fourth-order valence-corrected chi connectivity index (χ4v) is 2.79. The Labute approximate surface area is 111 Å². The lowest BCUT2D eigenvalue weighted by Gasteiger charge is -2.25. The van der Waals surface area contributed by atoms with Crippen LogP contribution in [-0.4, -0.2) is 36.6 Å². The second-order valence-electron chi connectivity index (χ2n) is 6.34. The highest BCUT2D eigenvalue weighted by molar-refractivity contribution is 5.22. The predicted molar refractivity (Wildman–Crippen MR) is 78.0 cm³/mol. The average molecular weight is 246 g/mol. The largest absolute Gasteiger partial charge is 0.310 e.